The molecule has 0 radical (unpaired) electrons. The fourth-order valence-corrected chi connectivity index (χ4v) is 2.06. The molecular formula is C14H19N9. The number of tetrazole rings is 1. The summed E-state index contributed by atoms with van der Waals surface area (Å²) in [4.78, 5) is 8.22. The summed E-state index contributed by atoms with van der Waals surface area (Å²) in [5.74, 6) is 2.48. The van der Waals surface area contributed by atoms with Crippen LogP contribution in [0.3, 0.4) is 0 Å². The summed E-state index contributed by atoms with van der Waals surface area (Å²) in [6.45, 7) is 5.90. The number of hydrogen-bond donors (Lipinski definition) is 1. The van der Waals surface area contributed by atoms with Crippen LogP contribution in [0.1, 0.15) is 31.3 Å². The Balaban J connectivity index is 0.000000174. The first kappa shape index (κ1) is 16.4. The topological polar surface area (TPSA) is 114 Å². The molecule has 0 spiro atoms. The average molecular weight is 313 g/mol. The van der Waals surface area contributed by atoms with Gasteiger partial charge in [0, 0.05) is 37.9 Å². The maximum atomic E-state index is 8.35. The Labute approximate surface area is 134 Å². The molecule has 3 heterocycles. The van der Waals surface area contributed by atoms with Crippen molar-refractivity contribution in [3.8, 4) is 6.07 Å². The van der Waals surface area contributed by atoms with Crippen LogP contribution >= 0.6 is 0 Å². The van der Waals surface area contributed by atoms with Gasteiger partial charge in [-0.15, -0.1) is 10.2 Å². The van der Waals surface area contributed by atoms with E-state index < -0.39 is 0 Å². The van der Waals surface area contributed by atoms with E-state index in [4.69, 9.17) is 5.26 Å². The van der Waals surface area contributed by atoms with Crippen molar-refractivity contribution in [1.29, 1.82) is 5.26 Å². The minimum absolute atomic E-state index is 0.404. The standard InChI is InChI=1S/C7H10N6.C7H9N3/c1-2-13-4-3-8-7(13)5-6-9-11-12-10-6;1-2-10-6-5-9-7(10)3-4-8/h3-4H,2,5H2,1H3,(H,9,10,11,12);5-6H,2-3H2,1H3. The largest absolute Gasteiger partial charge is 0.335 e. The zero-order valence-electron chi connectivity index (χ0n) is 13.2. The predicted molar refractivity (Wildman–Crippen MR) is 82.1 cm³/mol. The molecule has 0 aliphatic rings. The van der Waals surface area contributed by atoms with Crippen molar-refractivity contribution in [3.63, 3.8) is 0 Å². The summed E-state index contributed by atoms with van der Waals surface area (Å²) in [5.41, 5.74) is 0. The number of imidazole rings is 2. The van der Waals surface area contributed by atoms with E-state index in [1.807, 2.05) is 23.9 Å². The lowest BCUT2D eigenvalue weighted by Gasteiger charge is -2.00. The Morgan fingerprint density at radius 1 is 1.09 bits per heavy atom. The van der Waals surface area contributed by atoms with Gasteiger partial charge in [-0.05, 0) is 13.8 Å². The summed E-state index contributed by atoms with van der Waals surface area (Å²) in [5, 5.41) is 22.0. The molecule has 0 unspecified atom stereocenters. The van der Waals surface area contributed by atoms with Gasteiger partial charge in [0.2, 0.25) is 0 Å². The van der Waals surface area contributed by atoms with Crippen molar-refractivity contribution in [2.45, 2.75) is 39.8 Å². The second-order valence-corrected chi connectivity index (χ2v) is 4.60. The highest BCUT2D eigenvalue weighted by Gasteiger charge is 2.05. The second kappa shape index (κ2) is 8.43. The normalized spacial score (nSPS) is 9.96. The summed E-state index contributed by atoms with van der Waals surface area (Å²) < 4.78 is 4.01. The Morgan fingerprint density at radius 3 is 2.30 bits per heavy atom. The number of H-pyrrole nitrogens is 1. The van der Waals surface area contributed by atoms with Crippen molar-refractivity contribution < 1.29 is 0 Å². The van der Waals surface area contributed by atoms with Gasteiger partial charge in [-0.1, -0.05) is 5.21 Å². The third kappa shape index (κ3) is 4.47. The molecule has 0 aromatic carbocycles. The summed E-state index contributed by atoms with van der Waals surface area (Å²) in [6, 6.07) is 2.06. The Hall–Kier alpha value is -3.02. The number of aromatic nitrogens is 8. The highest BCUT2D eigenvalue weighted by Crippen LogP contribution is 2.01. The lowest BCUT2D eigenvalue weighted by atomic mass is 10.4. The average Bonchev–Trinajstić information content (AvgIpc) is 3.30. The Bertz CT molecular complexity index is 732. The third-order valence-corrected chi connectivity index (χ3v) is 3.23. The number of hydrogen-bond acceptors (Lipinski definition) is 6. The van der Waals surface area contributed by atoms with Crippen LogP contribution in [0.2, 0.25) is 0 Å². The quantitative estimate of drug-likeness (QED) is 0.751. The van der Waals surface area contributed by atoms with E-state index in [1.165, 1.54) is 0 Å². The van der Waals surface area contributed by atoms with Gasteiger partial charge in [0.25, 0.3) is 0 Å². The molecule has 3 aromatic heterocycles. The zero-order valence-corrected chi connectivity index (χ0v) is 13.2. The number of nitriles is 1. The number of aryl methyl sites for hydroxylation is 2. The molecule has 3 rings (SSSR count). The first-order chi connectivity index (χ1) is 11.3. The molecule has 0 aliphatic heterocycles. The van der Waals surface area contributed by atoms with Gasteiger partial charge in [-0.25, -0.2) is 9.97 Å². The molecule has 0 atom stereocenters. The molecule has 0 fully saturated rings. The van der Waals surface area contributed by atoms with Gasteiger partial charge >= 0.3 is 0 Å². The molecule has 9 heteroatoms. The van der Waals surface area contributed by atoms with E-state index in [9.17, 15) is 0 Å². The van der Waals surface area contributed by atoms with Crippen molar-refractivity contribution in [1.82, 2.24) is 39.7 Å². The third-order valence-electron chi connectivity index (χ3n) is 3.23. The maximum absolute atomic E-state index is 8.35. The fraction of sp³-hybridized carbons (Fsp3) is 0.429. The zero-order chi connectivity index (χ0) is 16.5. The molecular weight excluding hydrogens is 294 g/mol. The van der Waals surface area contributed by atoms with Gasteiger partial charge in [0.05, 0.1) is 18.9 Å². The van der Waals surface area contributed by atoms with Gasteiger partial charge < -0.3 is 9.13 Å². The molecule has 1 N–H and O–H groups in total. The summed E-state index contributed by atoms with van der Waals surface area (Å²) in [7, 11) is 0. The monoisotopic (exact) mass is 313 g/mol. The van der Waals surface area contributed by atoms with Gasteiger partial charge in [-0.3, -0.25) is 0 Å². The van der Waals surface area contributed by atoms with E-state index in [2.05, 4.69) is 48.2 Å². The summed E-state index contributed by atoms with van der Waals surface area (Å²) in [6.07, 6.45) is 8.34. The molecule has 0 saturated carbocycles. The number of aromatic amines is 1. The van der Waals surface area contributed by atoms with Crippen molar-refractivity contribution in [2.75, 3.05) is 0 Å². The van der Waals surface area contributed by atoms with E-state index >= 15 is 0 Å². The van der Waals surface area contributed by atoms with E-state index in [-0.39, 0.29) is 0 Å². The van der Waals surface area contributed by atoms with Gasteiger partial charge in [0.1, 0.15) is 11.6 Å². The van der Waals surface area contributed by atoms with Crippen LogP contribution in [0, 0.1) is 11.3 Å². The lowest BCUT2D eigenvalue weighted by molar-refractivity contribution is 0.703. The molecule has 0 aliphatic carbocycles. The fourth-order valence-electron chi connectivity index (χ4n) is 2.06. The van der Waals surface area contributed by atoms with Crippen molar-refractivity contribution >= 4 is 0 Å². The second-order valence-electron chi connectivity index (χ2n) is 4.60. The van der Waals surface area contributed by atoms with Crippen LogP contribution in [0.15, 0.2) is 24.8 Å². The Kier molecular flexibility index (Phi) is 5.99. The van der Waals surface area contributed by atoms with E-state index in [0.717, 1.165) is 24.7 Å². The minimum atomic E-state index is 0.404. The van der Waals surface area contributed by atoms with Crippen LogP contribution in [0.25, 0.3) is 0 Å². The van der Waals surface area contributed by atoms with Crippen molar-refractivity contribution in [3.05, 3.63) is 42.3 Å². The minimum Gasteiger partial charge on any atom is -0.335 e. The SMILES string of the molecule is CCn1ccnc1CC#N.CCn1ccnc1Cc1nn[nH]n1. The van der Waals surface area contributed by atoms with Crippen molar-refractivity contribution in [2.24, 2.45) is 0 Å². The number of rotatable bonds is 5. The molecule has 0 saturated heterocycles. The van der Waals surface area contributed by atoms with Gasteiger partial charge in [-0.2, -0.15) is 10.5 Å². The smallest absolute Gasteiger partial charge is 0.182 e. The summed E-state index contributed by atoms with van der Waals surface area (Å²) >= 11 is 0. The van der Waals surface area contributed by atoms with Crippen LogP contribution in [-0.2, 0) is 25.9 Å². The van der Waals surface area contributed by atoms with Gasteiger partial charge in [0.15, 0.2) is 5.82 Å². The van der Waals surface area contributed by atoms with E-state index in [0.29, 0.717) is 18.7 Å². The predicted octanol–water partition coefficient (Wildman–Crippen LogP) is 0.976. The van der Waals surface area contributed by atoms with E-state index in [1.54, 1.807) is 12.4 Å². The molecule has 120 valence electrons. The maximum Gasteiger partial charge on any atom is 0.182 e. The molecule has 0 bridgehead atoms. The van der Waals surface area contributed by atoms with Crippen LogP contribution in [0.5, 0.6) is 0 Å². The van der Waals surface area contributed by atoms with Crippen LogP contribution in [0.4, 0.5) is 0 Å². The van der Waals surface area contributed by atoms with Crippen LogP contribution < -0.4 is 0 Å². The van der Waals surface area contributed by atoms with Crippen LogP contribution in [-0.4, -0.2) is 39.7 Å². The lowest BCUT2D eigenvalue weighted by Crippen LogP contribution is -2.02. The Morgan fingerprint density at radius 2 is 1.74 bits per heavy atom. The highest BCUT2D eigenvalue weighted by molar-refractivity contribution is 5.00. The molecule has 0 amide bonds. The highest BCUT2D eigenvalue weighted by atomic mass is 15.5. The molecule has 3 aromatic rings. The molecule has 23 heavy (non-hydrogen) atoms. The number of nitrogens with zero attached hydrogens (tertiary/aromatic N) is 8. The number of nitrogens with one attached hydrogen (secondary N) is 1. The first-order valence-corrected chi connectivity index (χ1v) is 7.37. The first-order valence-electron chi connectivity index (χ1n) is 7.37. The molecule has 9 nitrogen and oxygen atoms in total.